The van der Waals surface area contributed by atoms with Gasteiger partial charge in [0.2, 0.25) is 0 Å². The molecule has 1 aromatic carbocycles. The molecule has 0 aliphatic carbocycles. The number of aryl methyl sites for hydroxylation is 1. The number of carbonyl (C=O) groups is 1. The molecule has 2 heterocycles. The zero-order valence-corrected chi connectivity index (χ0v) is 17.5. The maximum absolute atomic E-state index is 12.9. The summed E-state index contributed by atoms with van der Waals surface area (Å²) >= 11 is 6.02. The van der Waals surface area contributed by atoms with E-state index in [0.717, 1.165) is 24.0 Å². The van der Waals surface area contributed by atoms with Crippen LogP contribution in [0, 0.1) is 6.92 Å². The molecule has 1 atom stereocenters. The topological polar surface area (TPSA) is 61.4 Å². The molecule has 1 saturated heterocycles. The molecule has 3 rings (SSSR count). The lowest BCUT2D eigenvalue weighted by Crippen LogP contribution is -2.51. The first-order chi connectivity index (χ1) is 14.1. The number of urea groups is 1. The molecule has 1 aliphatic rings. The molecule has 6 nitrogen and oxygen atoms in total. The Bertz CT molecular complexity index is 908. The third-order valence-corrected chi connectivity index (χ3v) is 5.59. The number of aromatic nitrogens is 2. The van der Waals surface area contributed by atoms with E-state index in [1.807, 2.05) is 19.1 Å². The minimum Gasteiger partial charge on any atom is -0.353 e. The fourth-order valence-electron chi connectivity index (χ4n) is 3.41. The van der Waals surface area contributed by atoms with E-state index in [1.54, 1.807) is 22.9 Å². The summed E-state index contributed by atoms with van der Waals surface area (Å²) in [6.07, 6.45) is -1.03. The molecule has 1 N–H and O–H groups in total. The van der Waals surface area contributed by atoms with E-state index in [9.17, 15) is 18.0 Å². The van der Waals surface area contributed by atoms with Gasteiger partial charge in [0, 0.05) is 31.7 Å². The highest BCUT2D eigenvalue weighted by Crippen LogP contribution is 2.29. The van der Waals surface area contributed by atoms with Crippen LogP contribution < -0.4 is 10.2 Å². The summed E-state index contributed by atoms with van der Waals surface area (Å²) in [5, 5.41) is 3.54. The number of halogens is 4. The highest BCUT2D eigenvalue weighted by atomic mass is 35.5. The molecule has 1 aliphatic heterocycles. The lowest BCUT2D eigenvalue weighted by Gasteiger charge is -2.38. The second kappa shape index (κ2) is 9.07. The number of piperidine rings is 1. The van der Waals surface area contributed by atoms with Gasteiger partial charge in [-0.25, -0.2) is 9.78 Å². The summed E-state index contributed by atoms with van der Waals surface area (Å²) in [4.78, 5) is 23.3. The van der Waals surface area contributed by atoms with Gasteiger partial charge in [-0.05, 0) is 37.0 Å². The predicted octanol–water partition coefficient (Wildman–Crippen LogP) is 4.27. The van der Waals surface area contributed by atoms with Gasteiger partial charge in [-0.1, -0.05) is 23.7 Å². The lowest BCUT2D eigenvalue weighted by molar-refractivity contribution is -0.141. The average Bonchev–Trinajstić information content (AvgIpc) is 2.73. The zero-order valence-electron chi connectivity index (χ0n) is 16.7. The molecule has 0 bridgehead atoms. The van der Waals surface area contributed by atoms with Gasteiger partial charge in [0.05, 0.1) is 18.4 Å². The van der Waals surface area contributed by atoms with Crippen LogP contribution in [0.2, 0.25) is 5.02 Å². The Morgan fingerprint density at radius 2 is 2.13 bits per heavy atom. The fraction of sp³-hybridized carbons (Fsp3) is 0.450. The molecule has 162 valence electrons. The van der Waals surface area contributed by atoms with Crippen molar-refractivity contribution in [2.45, 2.75) is 38.5 Å². The molecule has 1 aromatic heterocycles. The monoisotopic (exact) mass is 441 g/mol. The van der Waals surface area contributed by atoms with Crippen LogP contribution in [0.25, 0.3) is 0 Å². The first-order valence-electron chi connectivity index (χ1n) is 9.55. The van der Waals surface area contributed by atoms with Gasteiger partial charge in [-0.2, -0.15) is 13.2 Å². The molecule has 0 spiro atoms. The van der Waals surface area contributed by atoms with E-state index in [4.69, 9.17) is 11.6 Å². The second-order valence-corrected chi connectivity index (χ2v) is 7.76. The normalized spacial score (nSPS) is 17.0. The first-order valence-corrected chi connectivity index (χ1v) is 9.93. The number of anilines is 1. The lowest BCUT2D eigenvalue weighted by atomic mass is 10.0. The summed E-state index contributed by atoms with van der Waals surface area (Å²) in [5.41, 5.74) is 0.844. The number of likely N-dealkylation sites (N-methyl/N-ethyl adjacent to an activating group) is 1. The Kier molecular flexibility index (Phi) is 6.70. The Balaban J connectivity index is 1.61. The smallest absolute Gasteiger partial charge is 0.353 e. The summed E-state index contributed by atoms with van der Waals surface area (Å²) < 4.78 is 38.8. The minimum atomic E-state index is -4.55. The van der Waals surface area contributed by atoms with Gasteiger partial charge >= 0.3 is 12.2 Å². The van der Waals surface area contributed by atoms with Gasteiger partial charge in [0.25, 0.3) is 0 Å². The van der Waals surface area contributed by atoms with Crippen molar-refractivity contribution in [3.8, 4) is 0 Å². The van der Waals surface area contributed by atoms with Crippen molar-refractivity contribution < 1.29 is 18.0 Å². The molecule has 1 fully saturated rings. The van der Waals surface area contributed by atoms with Gasteiger partial charge in [0.15, 0.2) is 5.69 Å². The number of hydrogen-bond acceptors (Lipinski definition) is 4. The van der Waals surface area contributed by atoms with E-state index in [2.05, 4.69) is 15.3 Å². The number of nitrogens with zero attached hydrogens (tertiary/aromatic N) is 4. The van der Waals surface area contributed by atoms with E-state index in [0.29, 0.717) is 30.9 Å². The first kappa shape index (κ1) is 22.1. The van der Waals surface area contributed by atoms with Crippen LogP contribution in [0.5, 0.6) is 0 Å². The summed E-state index contributed by atoms with van der Waals surface area (Å²) in [5.74, 6) is 0.167. The van der Waals surface area contributed by atoms with Crippen LogP contribution in [0.1, 0.15) is 29.7 Å². The molecule has 0 radical (unpaired) electrons. The molecular weight excluding hydrogens is 419 g/mol. The van der Waals surface area contributed by atoms with Gasteiger partial charge in [-0.3, -0.25) is 4.98 Å². The van der Waals surface area contributed by atoms with Crippen LogP contribution in [0.4, 0.5) is 23.8 Å². The van der Waals surface area contributed by atoms with E-state index < -0.39 is 11.9 Å². The van der Waals surface area contributed by atoms with Gasteiger partial charge in [0.1, 0.15) is 5.82 Å². The van der Waals surface area contributed by atoms with E-state index in [-0.39, 0.29) is 17.9 Å². The van der Waals surface area contributed by atoms with E-state index >= 15 is 0 Å². The maximum atomic E-state index is 12.9. The average molecular weight is 442 g/mol. The molecule has 30 heavy (non-hydrogen) atoms. The zero-order chi connectivity index (χ0) is 21.9. The summed E-state index contributed by atoms with van der Waals surface area (Å²) in [6, 6.07) is 5.16. The Hall–Kier alpha value is -2.55. The largest absolute Gasteiger partial charge is 0.434 e. The van der Waals surface area contributed by atoms with Crippen LogP contribution in [-0.2, 0) is 12.7 Å². The minimum absolute atomic E-state index is 0.151. The summed E-state index contributed by atoms with van der Waals surface area (Å²) in [6.45, 7) is 3.20. The predicted molar refractivity (Wildman–Crippen MR) is 108 cm³/mol. The number of benzene rings is 1. The van der Waals surface area contributed by atoms with Crippen molar-refractivity contribution in [2.75, 3.05) is 25.0 Å². The molecular formula is C20H23ClF3N5O. The van der Waals surface area contributed by atoms with Crippen molar-refractivity contribution >= 4 is 23.4 Å². The quantitative estimate of drug-likeness (QED) is 0.769. The SMILES string of the molecule is Cc1cc(CNC(=O)N(C)[C@@H]2CCCN(c3cncc(C(F)(F)F)n3)C2)ccc1Cl. The van der Waals surface area contributed by atoms with Crippen molar-refractivity contribution in [1.29, 1.82) is 0 Å². The second-order valence-electron chi connectivity index (χ2n) is 7.36. The Labute approximate surface area is 178 Å². The number of carbonyl (C=O) groups excluding carboxylic acids is 1. The standard InChI is InChI=1S/C20H23ClF3N5O/c1-13-8-14(5-6-16(13)21)9-26-19(30)28(2)15-4-3-7-29(12-15)18-11-25-10-17(27-18)20(22,23)24/h5-6,8,10-11,15H,3-4,7,9,12H2,1-2H3,(H,26,30)/t15-/m1/s1. The highest BCUT2D eigenvalue weighted by molar-refractivity contribution is 6.31. The third kappa shape index (κ3) is 5.33. The van der Waals surface area contributed by atoms with Crippen LogP contribution in [0.3, 0.4) is 0 Å². The van der Waals surface area contributed by atoms with Crippen molar-refractivity contribution in [3.05, 3.63) is 52.4 Å². The number of hydrogen-bond donors (Lipinski definition) is 1. The van der Waals surface area contributed by atoms with Gasteiger partial charge in [-0.15, -0.1) is 0 Å². The van der Waals surface area contributed by atoms with Crippen LogP contribution >= 0.6 is 11.6 Å². The van der Waals surface area contributed by atoms with Crippen LogP contribution in [0.15, 0.2) is 30.6 Å². The third-order valence-electron chi connectivity index (χ3n) is 5.17. The maximum Gasteiger partial charge on any atom is 0.434 e. The number of amides is 2. The summed E-state index contributed by atoms with van der Waals surface area (Å²) in [7, 11) is 1.69. The molecule has 2 aromatic rings. The molecule has 10 heteroatoms. The molecule has 0 unspecified atom stereocenters. The fourth-order valence-corrected chi connectivity index (χ4v) is 3.53. The van der Waals surface area contributed by atoms with Gasteiger partial charge < -0.3 is 15.1 Å². The molecule has 0 saturated carbocycles. The molecule has 2 amide bonds. The Morgan fingerprint density at radius 3 is 2.83 bits per heavy atom. The highest BCUT2D eigenvalue weighted by Gasteiger charge is 2.34. The number of nitrogens with one attached hydrogen (secondary N) is 1. The number of alkyl halides is 3. The van der Waals surface area contributed by atoms with Crippen molar-refractivity contribution in [2.24, 2.45) is 0 Å². The van der Waals surface area contributed by atoms with Crippen molar-refractivity contribution in [3.63, 3.8) is 0 Å². The van der Waals surface area contributed by atoms with Crippen LogP contribution in [-0.4, -0.2) is 47.1 Å². The van der Waals surface area contributed by atoms with Crippen molar-refractivity contribution in [1.82, 2.24) is 20.2 Å². The van der Waals surface area contributed by atoms with E-state index in [1.165, 1.54) is 6.20 Å². The Morgan fingerprint density at radius 1 is 1.37 bits per heavy atom. The number of rotatable bonds is 4.